The van der Waals surface area contributed by atoms with Gasteiger partial charge in [0.2, 0.25) is 0 Å². The predicted molar refractivity (Wildman–Crippen MR) is 62.7 cm³/mol. The van der Waals surface area contributed by atoms with E-state index < -0.39 is 23.6 Å². The first-order valence-corrected chi connectivity index (χ1v) is 5.05. The van der Waals surface area contributed by atoms with Crippen LogP contribution in [0.25, 0.3) is 0 Å². The van der Waals surface area contributed by atoms with Crippen LogP contribution in [0.2, 0.25) is 0 Å². The van der Waals surface area contributed by atoms with Crippen LogP contribution in [0.1, 0.15) is 17.3 Å². The van der Waals surface area contributed by atoms with Crippen molar-refractivity contribution in [1.82, 2.24) is 0 Å². The van der Waals surface area contributed by atoms with Crippen LogP contribution in [0.4, 0.5) is 15.8 Å². The number of carboxylic acids is 1. The van der Waals surface area contributed by atoms with Gasteiger partial charge in [-0.15, -0.1) is 0 Å². The molecule has 0 aromatic heterocycles. The number of aromatic carboxylic acids is 1. The highest BCUT2D eigenvalue weighted by molar-refractivity contribution is 6.00. The Morgan fingerprint density at radius 3 is 2.65 bits per heavy atom. The number of nitrogens with zero attached hydrogens (tertiary/aromatic N) is 1. The molecule has 1 unspecified atom stereocenters. The van der Waals surface area contributed by atoms with Gasteiger partial charge in [-0.1, -0.05) is 0 Å². The van der Waals surface area contributed by atoms with Gasteiger partial charge in [0, 0.05) is 13.6 Å². The number of aliphatic hydroxyl groups is 1. The number of nitrogens with two attached hydrogens (primary N) is 1. The molecule has 0 aliphatic rings. The second-order valence-electron chi connectivity index (χ2n) is 3.89. The van der Waals surface area contributed by atoms with E-state index in [4.69, 9.17) is 10.8 Å². The summed E-state index contributed by atoms with van der Waals surface area (Å²) in [5.41, 5.74) is 5.00. The minimum absolute atomic E-state index is 0.228. The van der Waals surface area contributed by atoms with Gasteiger partial charge < -0.3 is 20.8 Å². The summed E-state index contributed by atoms with van der Waals surface area (Å²) >= 11 is 0. The van der Waals surface area contributed by atoms with Crippen molar-refractivity contribution in [3.05, 3.63) is 23.5 Å². The SMILES string of the molecule is CC(O)CN(C)c1ccc(F)c(N)c1C(=O)O. The average molecular weight is 242 g/mol. The van der Waals surface area contributed by atoms with Gasteiger partial charge in [-0.2, -0.15) is 0 Å². The molecule has 0 spiro atoms. The van der Waals surface area contributed by atoms with Gasteiger partial charge >= 0.3 is 5.97 Å². The maximum atomic E-state index is 13.2. The molecule has 0 saturated heterocycles. The Morgan fingerprint density at radius 1 is 1.59 bits per heavy atom. The Kier molecular flexibility index (Phi) is 3.90. The number of carboxylic acid groups (broad SMARTS) is 1. The van der Waals surface area contributed by atoms with Crippen molar-refractivity contribution in [1.29, 1.82) is 0 Å². The number of rotatable bonds is 4. The Morgan fingerprint density at radius 2 is 2.18 bits per heavy atom. The number of carbonyl (C=O) groups is 1. The minimum atomic E-state index is -1.30. The van der Waals surface area contributed by atoms with Gasteiger partial charge in [0.1, 0.15) is 11.4 Å². The number of aliphatic hydroxyl groups excluding tert-OH is 1. The zero-order chi connectivity index (χ0) is 13.2. The molecule has 0 bridgehead atoms. The smallest absolute Gasteiger partial charge is 0.340 e. The molecule has 5 nitrogen and oxygen atoms in total. The molecule has 0 aliphatic heterocycles. The molecule has 6 heteroatoms. The Balaban J connectivity index is 3.24. The summed E-state index contributed by atoms with van der Waals surface area (Å²) in [6.07, 6.45) is -0.632. The lowest BCUT2D eigenvalue weighted by molar-refractivity contribution is 0.0698. The quantitative estimate of drug-likeness (QED) is 0.683. The fraction of sp³-hybridized carbons (Fsp3) is 0.364. The molecule has 1 rings (SSSR count). The van der Waals surface area contributed by atoms with Crippen LogP contribution in [0.5, 0.6) is 0 Å². The third-order valence-electron chi connectivity index (χ3n) is 2.33. The lowest BCUT2D eigenvalue weighted by Gasteiger charge is -2.23. The summed E-state index contributed by atoms with van der Waals surface area (Å²) in [5.74, 6) is -2.06. The lowest BCUT2D eigenvalue weighted by Crippen LogP contribution is -2.28. The standard InChI is InChI=1S/C11H15FN2O3/c1-6(15)5-14(2)8-4-3-7(12)10(13)9(8)11(16)17/h3-4,6,15H,5,13H2,1-2H3,(H,16,17). The number of hydrogen-bond acceptors (Lipinski definition) is 4. The van der Waals surface area contributed by atoms with Crippen LogP contribution in [-0.4, -0.2) is 35.9 Å². The molecule has 17 heavy (non-hydrogen) atoms. The Labute approximate surface area is 98.3 Å². The average Bonchev–Trinajstić information content (AvgIpc) is 2.19. The topological polar surface area (TPSA) is 86.8 Å². The molecule has 4 N–H and O–H groups in total. The number of likely N-dealkylation sites (N-methyl/N-ethyl adjacent to an activating group) is 1. The van der Waals surface area contributed by atoms with E-state index in [1.54, 1.807) is 14.0 Å². The van der Waals surface area contributed by atoms with Crippen molar-refractivity contribution in [2.24, 2.45) is 0 Å². The summed E-state index contributed by atoms with van der Waals surface area (Å²) in [4.78, 5) is 12.6. The Bertz CT molecular complexity index is 435. The zero-order valence-corrected chi connectivity index (χ0v) is 9.64. The number of nitrogen functional groups attached to an aromatic ring is 1. The molecule has 0 radical (unpaired) electrons. The molecular weight excluding hydrogens is 227 g/mol. The first-order chi connectivity index (χ1) is 7.84. The van der Waals surface area contributed by atoms with Gasteiger partial charge in [-0.05, 0) is 19.1 Å². The molecule has 94 valence electrons. The van der Waals surface area contributed by atoms with Gasteiger partial charge in [-0.3, -0.25) is 0 Å². The third-order valence-corrected chi connectivity index (χ3v) is 2.33. The van der Waals surface area contributed by atoms with Crippen LogP contribution in [0.3, 0.4) is 0 Å². The van der Waals surface area contributed by atoms with Crippen LogP contribution in [-0.2, 0) is 0 Å². The molecule has 0 amide bonds. The summed E-state index contributed by atoms with van der Waals surface area (Å²) in [6.45, 7) is 1.80. The Hall–Kier alpha value is -1.82. The molecular formula is C11H15FN2O3. The number of anilines is 2. The van der Waals surface area contributed by atoms with Crippen molar-refractivity contribution >= 4 is 17.3 Å². The van der Waals surface area contributed by atoms with Crippen LogP contribution in [0.15, 0.2) is 12.1 Å². The highest BCUT2D eigenvalue weighted by Crippen LogP contribution is 2.27. The zero-order valence-electron chi connectivity index (χ0n) is 9.64. The van der Waals surface area contributed by atoms with Crippen LogP contribution < -0.4 is 10.6 Å². The summed E-state index contributed by atoms with van der Waals surface area (Å²) in [6, 6.07) is 2.44. The van der Waals surface area contributed by atoms with E-state index >= 15 is 0 Å². The molecule has 0 heterocycles. The van der Waals surface area contributed by atoms with Crippen molar-refractivity contribution in [3.8, 4) is 0 Å². The largest absolute Gasteiger partial charge is 0.478 e. The first-order valence-electron chi connectivity index (χ1n) is 5.05. The van der Waals surface area contributed by atoms with Crippen LogP contribution >= 0.6 is 0 Å². The van der Waals surface area contributed by atoms with E-state index in [0.717, 1.165) is 6.07 Å². The third kappa shape index (κ3) is 2.85. The second-order valence-corrected chi connectivity index (χ2v) is 3.89. The predicted octanol–water partition coefficient (Wildman–Crippen LogP) is 0.923. The van der Waals surface area contributed by atoms with E-state index in [9.17, 15) is 14.3 Å². The molecule has 1 aromatic carbocycles. The van der Waals surface area contributed by atoms with E-state index in [0.29, 0.717) is 0 Å². The van der Waals surface area contributed by atoms with E-state index in [1.807, 2.05) is 0 Å². The highest BCUT2D eigenvalue weighted by atomic mass is 19.1. The van der Waals surface area contributed by atoms with Gasteiger partial charge in [0.05, 0.1) is 17.5 Å². The molecule has 1 atom stereocenters. The first kappa shape index (κ1) is 13.2. The van der Waals surface area contributed by atoms with Gasteiger partial charge in [0.25, 0.3) is 0 Å². The maximum Gasteiger partial charge on any atom is 0.340 e. The molecule has 0 saturated carbocycles. The lowest BCUT2D eigenvalue weighted by atomic mass is 10.1. The van der Waals surface area contributed by atoms with Crippen molar-refractivity contribution in [2.45, 2.75) is 13.0 Å². The van der Waals surface area contributed by atoms with Crippen LogP contribution in [0, 0.1) is 5.82 Å². The van der Waals surface area contributed by atoms with E-state index in [1.165, 1.54) is 11.0 Å². The fourth-order valence-electron chi connectivity index (χ4n) is 1.62. The van der Waals surface area contributed by atoms with Gasteiger partial charge in [0.15, 0.2) is 0 Å². The summed E-state index contributed by atoms with van der Waals surface area (Å²) in [5, 5.41) is 18.3. The highest BCUT2D eigenvalue weighted by Gasteiger charge is 2.20. The molecule has 0 aliphatic carbocycles. The van der Waals surface area contributed by atoms with Crippen molar-refractivity contribution < 1.29 is 19.4 Å². The monoisotopic (exact) mass is 242 g/mol. The minimum Gasteiger partial charge on any atom is -0.478 e. The molecule has 0 fully saturated rings. The van der Waals surface area contributed by atoms with Crippen molar-refractivity contribution in [2.75, 3.05) is 24.2 Å². The van der Waals surface area contributed by atoms with Crippen molar-refractivity contribution in [3.63, 3.8) is 0 Å². The summed E-state index contributed by atoms with van der Waals surface area (Å²) in [7, 11) is 1.60. The number of halogens is 1. The van der Waals surface area contributed by atoms with Gasteiger partial charge in [-0.25, -0.2) is 9.18 Å². The number of benzene rings is 1. The maximum absolute atomic E-state index is 13.2. The second kappa shape index (κ2) is 5.01. The molecule has 1 aromatic rings. The number of hydrogen-bond donors (Lipinski definition) is 3. The normalized spacial score (nSPS) is 12.2. The summed E-state index contributed by atoms with van der Waals surface area (Å²) < 4.78 is 13.2. The fourth-order valence-corrected chi connectivity index (χ4v) is 1.62. The van der Waals surface area contributed by atoms with E-state index in [2.05, 4.69) is 0 Å². The van der Waals surface area contributed by atoms with E-state index in [-0.39, 0.29) is 17.8 Å².